The Morgan fingerprint density at radius 3 is 2.95 bits per heavy atom. The zero-order valence-electron chi connectivity index (χ0n) is 10.7. The van der Waals surface area contributed by atoms with Crippen LogP contribution in [-0.4, -0.2) is 40.5 Å². The first kappa shape index (κ1) is 13.8. The molecule has 1 heterocycles. The van der Waals surface area contributed by atoms with Crippen LogP contribution in [0.25, 0.3) is 5.69 Å². The molecular weight excluding hydrogens is 262 g/mol. The molecule has 0 saturated carbocycles. The van der Waals surface area contributed by atoms with Gasteiger partial charge in [-0.25, -0.2) is 9.48 Å². The molecule has 2 N–H and O–H groups in total. The number of benzene rings is 1. The number of carboxylic acid groups (broad SMARTS) is 1. The van der Waals surface area contributed by atoms with Gasteiger partial charge in [-0.2, -0.15) is 5.10 Å². The molecule has 0 radical (unpaired) electrons. The number of nitrogens with zero attached hydrogens (tertiary/aromatic N) is 2. The Hall–Kier alpha value is -2.67. The van der Waals surface area contributed by atoms with Crippen LogP contribution in [0.5, 0.6) is 0 Å². The first-order valence-corrected chi connectivity index (χ1v) is 5.77. The molecule has 0 atom stereocenters. The van der Waals surface area contributed by atoms with Gasteiger partial charge in [-0.15, -0.1) is 0 Å². The van der Waals surface area contributed by atoms with E-state index in [1.807, 2.05) is 0 Å². The zero-order chi connectivity index (χ0) is 14.5. The second-order valence-electron chi connectivity index (χ2n) is 4.01. The largest absolute Gasteiger partial charge is 0.478 e. The van der Waals surface area contributed by atoms with Gasteiger partial charge in [0.25, 0.3) is 0 Å². The highest BCUT2D eigenvalue weighted by atomic mass is 16.5. The molecule has 1 aromatic heterocycles. The summed E-state index contributed by atoms with van der Waals surface area (Å²) >= 11 is 0. The molecule has 0 saturated heterocycles. The molecule has 0 aliphatic rings. The maximum Gasteiger partial charge on any atom is 0.335 e. The summed E-state index contributed by atoms with van der Waals surface area (Å²) in [5, 5.41) is 15.6. The summed E-state index contributed by atoms with van der Waals surface area (Å²) in [4.78, 5) is 22.3. The minimum absolute atomic E-state index is 0.0420. The molecule has 2 rings (SSSR count). The van der Waals surface area contributed by atoms with Crippen molar-refractivity contribution in [2.24, 2.45) is 0 Å². The fourth-order valence-electron chi connectivity index (χ4n) is 1.64. The van der Waals surface area contributed by atoms with E-state index in [4.69, 9.17) is 9.84 Å². The number of ether oxygens (including phenoxy) is 1. The summed E-state index contributed by atoms with van der Waals surface area (Å²) in [5.74, 6) is -1.29. The molecule has 0 aliphatic heterocycles. The Kier molecular flexibility index (Phi) is 4.11. The van der Waals surface area contributed by atoms with Crippen LogP contribution < -0.4 is 5.32 Å². The van der Waals surface area contributed by atoms with Gasteiger partial charge in [0.05, 0.1) is 29.3 Å². The van der Waals surface area contributed by atoms with Crippen molar-refractivity contribution in [1.82, 2.24) is 9.78 Å². The lowest BCUT2D eigenvalue weighted by molar-refractivity contribution is -0.119. The number of hydrogen-bond donors (Lipinski definition) is 2. The normalized spacial score (nSPS) is 10.2. The fourth-order valence-corrected chi connectivity index (χ4v) is 1.64. The molecule has 7 heteroatoms. The van der Waals surface area contributed by atoms with Crippen molar-refractivity contribution in [2.45, 2.75) is 0 Å². The number of rotatable bonds is 5. The maximum absolute atomic E-state index is 11.4. The molecule has 0 spiro atoms. The standard InChI is InChI=1S/C13H13N3O4/c1-20-8-12(17)15-10-6-14-16(7-10)11-4-2-3-9(5-11)13(18)19/h2-7H,8H2,1H3,(H,15,17)(H,18,19). The third kappa shape index (κ3) is 3.21. The number of carboxylic acids is 1. The molecule has 1 aromatic carbocycles. The second-order valence-corrected chi connectivity index (χ2v) is 4.01. The number of aromatic nitrogens is 2. The van der Waals surface area contributed by atoms with Crippen LogP contribution in [0, 0.1) is 0 Å². The Morgan fingerprint density at radius 2 is 2.25 bits per heavy atom. The van der Waals surface area contributed by atoms with Crippen molar-refractivity contribution < 1.29 is 19.4 Å². The lowest BCUT2D eigenvalue weighted by Gasteiger charge is -2.02. The van der Waals surface area contributed by atoms with Crippen molar-refractivity contribution in [1.29, 1.82) is 0 Å². The number of hydrogen-bond acceptors (Lipinski definition) is 4. The third-order valence-electron chi connectivity index (χ3n) is 2.50. The number of anilines is 1. The molecule has 1 amide bonds. The number of amides is 1. The number of aromatic carboxylic acids is 1. The molecule has 0 fully saturated rings. The minimum Gasteiger partial charge on any atom is -0.478 e. The van der Waals surface area contributed by atoms with Gasteiger partial charge in [0.1, 0.15) is 6.61 Å². The van der Waals surface area contributed by atoms with Crippen LogP contribution in [0.1, 0.15) is 10.4 Å². The minimum atomic E-state index is -1.01. The van der Waals surface area contributed by atoms with Crippen molar-refractivity contribution in [3.8, 4) is 5.69 Å². The van der Waals surface area contributed by atoms with Crippen molar-refractivity contribution in [3.63, 3.8) is 0 Å². The molecule has 0 unspecified atom stereocenters. The summed E-state index contributed by atoms with van der Waals surface area (Å²) in [5.41, 5.74) is 1.27. The topological polar surface area (TPSA) is 93.5 Å². The van der Waals surface area contributed by atoms with Crippen LogP contribution in [0.4, 0.5) is 5.69 Å². The first-order valence-electron chi connectivity index (χ1n) is 5.77. The fraction of sp³-hybridized carbons (Fsp3) is 0.154. The molecular formula is C13H13N3O4. The van der Waals surface area contributed by atoms with Crippen LogP contribution in [0.2, 0.25) is 0 Å². The Morgan fingerprint density at radius 1 is 1.45 bits per heavy atom. The molecule has 0 bridgehead atoms. The van der Waals surface area contributed by atoms with Gasteiger partial charge < -0.3 is 15.2 Å². The molecule has 104 valence electrons. The number of nitrogens with one attached hydrogen (secondary N) is 1. The highest BCUT2D eigenvalue weighted by Crippen LogP contribution is 2.13. The van der Waals surface area contributed by atoms with E-state index in [0.29, 0.717) is 11.4 Å². The van der Waals surface area contributed by atoms with Gasteiger partial charge in [-0.1, -0.05) is 6.07 Å². The SMILES string of the molecule is COCC(=O)Nc1cnn(-c2cccc(C(=O)O)c2)c1. The van der Waals surface area contributed by atoms with Crippen LogP contribution >= 0.6 is 0 Å². The highest BCUT2D eigenvalue weighted by molar-refractivity contribution is 5.91. The van der Waals surface area contributed by atoms with Crippen molar-refractivity contribution in [2.75, 3.05) is 19.0 Å². The Labute approximate surface area is 114 Å². The van der Waals surface area contributed by atoms with Crippen LogP contribution in [-0.2, 0) is 9.53 Å². The predicted molar refractivity (Wildman–Crippen MR) is 71.0 cm³/mol. The summed E-state index contributed by atoms with van der Waals surface area (Å²) in [6.45, 7) is -0.0420. The maximum atomic E-state index is 11.4. The van der Waals surface area contributed by atoms with Gasteiger partial charge >= 0.3 is 5.97 Å². The van der Waals surface area contributed by atoms with E-state index < -0.39 is 5.97 Å². The number of methoxy groups -OCH3 is 1. The lowest BCUT2D eigenvalue weighted by atomic mass is 10.2. The second kappa shape index (κ2) is 5.98. The average Bonchev–Trinajstić information content (AvgIpc) is 2.87. The molecule has 2 aromatic rings. The number of carbonyl (C=O) groups is 2. The summed E-state index contributed by atoms with van der Waals surface area (Å²) in [7, 11) is 1.43. The van der Waals surface area contributed by atoms with E-state index in [1.54, 1.807) is 18.3 Å². The van der Waals surface area contributed by atoms with Gasteiger partial charge in [-0.3, -0.25) is 4.79 Å². The van der Waals surface area contributed by atoms with E-state index in [0.717, 1.165) is 0 Å². The first-order chi connectivity index (χ1) is 9.60. The highest BCUT2D eigenvalue weighted by Gasteiger charge is 2.07. The quantitative estimate of drug-likeness (QED) is 0.854. The summed E-state index contributed by atoms with van der Waals surface area (Å²) < 4.78 is 6.19. The van der Waals surface area contributed by atoms with Gasteiger partial charge in [0.15, 0.2) is 0 Å². The Bertz CT molecular complexity index is 636. The van der Waals surface area contributed by atoms with Gasteiger partial charge in [0.2, 0.25) is 5.91 Å². The average molecular weight is 275 g/mol. The number of carbonyl (C=O) groups excluding carboxylic acids is 1. The van der Waals surface area contributed by atoms with Crippen molar-refractivity contribution in [3.05, 3.63) is 42.2 Å². The van der Waals surface area contributed by atoms with E-state index >= 15 is 0 Å². The van der Waals surface area contributed by atoms with Crippen LogP contribution in [0.3, 0.4) is 0 Å². The van der Waals surface area contributed by atoms with E-state index in [1.165, 1.54) is 30.1 Å². The van der Waals surface area contributed by atoms with E-state index in [-0.39, 0.29) is 18.1 Å². The lowest BCUT2D eigenvalue weighted by Crippen LogP contribution is -2.16. The zero-order valence-corrected chi connectivity index (χ0v) is 10.7. The van der Waals surface area contributed by atoms with Crippen molar-refractivity contribution >= 4 is 17.6 Å². The molecule has 7 nitrogen and oxygen atoms in total. The summed E-state index contributed by atoms with van der Waals surface area (Å²) in [6.07, 6.45) is 3.07. The Balaban J connectivity index is 2.18. The molecule has 0 aliphatic carbocycles. The third-order valence-corrected chi connectivity index (χ3v) is 2.50. The van der Waals surface area contributed by atoms with Gasteiger partial charge in [0, 0.05) is 7.11 Å². The van der Waals surface area contributed by atoms with Crippen LogP contribution in [0.15, 0.2) is 36.7 Å². The monoisotopic (exact) mass is 275 g/mol. The summed E-state index contributed by atoms with van der Waals surface area (Å²) in [6, 6.07) is 6.34. The van der Waals surface area contributed by atoms with E-state index in [2.05, 4.69) is 10.4 Å². The smallest absolute Gasteiger partial charge is 0.335 e. The van der Waals surface area contributed by atoms with E-state index in [9.17, 15) is 9.59 Å². The predicted octanol–water partition coefficient (Wildman–Crippen LogP) is 1.16. The molecule has 20 heavy (non-hydrogen) atoms. The van der Waals surface area contributed by atoms with Gasteiger partial charge in [-0.05, 0) is 18.2 Å².